The van der Waals surface area contributed by atoms with Gasteiger partial charge in [-0.1, -0.05) is 43.0 Å². The largest absolute Gasteiger partial charge is 0.293 e. The first-order valence-corrected chi connectivity index (χ1v) is 8.57. The fraction of sp³-hybridized carbons (Fsp3) is 0.188. The summed E-state index contributed by atoms with van der Waals surface area (Å²) in [4.78, 5) is 21.7. The molecule has 3 rings (SSSR count). The lowest BCUT2D eigenvalue weighted by molar-refractivity contribution is 0.102. The zero-order chi connectivity index (χ0) is 14.7. The van der Waals surface area contributed by atoms with Crippen LogP contribution in [0.5, 0.6) is 0 Å². The van der Waals surface area contributed by atoms with Gasteiger partial charge in [0.25, 0.3) is 0 Å². The quantitative estimate of drug-likeness (QED) is 0.401. The predicted octanol–water partition coefficient (Wildman–Crippen LogP) is 4.23. The number of hydrogen-bond donors (Lipinski definition) is 0. The Kier molecular flexibility index (Phi) is 4.31. The molecule has 0 N–H and O–H groups in total. The van der Waals surface area contributed by atoms with Crippen LogP contribution < -0.4 is 0 Å². The van der Waals surface area contributed by atoms with Gasteiger partial charge in [-0.25, -0.2) is 9.97 Å². The molecule has 0 radical (unpaired) electrons. The summed E-state index contributed by atoms with van der Waals surface area (Å²) in [5.41, 5.74) is 2.00. The highest BCUT2D eigenvalue weighted by atomic mass is 32.2. The molecule has 0 spiro atoms. The minimum Gasteiger partial charge on any atom is -0.293 e. The van der Waals surface area contributed by atoms with Gasteiger partial charge in [-0.05, 0) is 23.4 Å². The zero-order valence-electron chi connectivity index (χ0n) is 11.6. The van der Waals surface area contributed by atoms with Crippen LogP contribution >= 0.6 is 23.1 Å². The maximum absolute atomic E-state index is 12.2. The van der Waals surface area contributed by atoms with Crippen molar-refractivity contribution in [2.75, 3.05) is 5.75 Å². The molecule has 0 aliphatic carbocycles. The zero-order valence-corrected chi connectivity index (χ0v) is 13.2. The lowest BCUT2D eigenvalue weighted by Gasteiger charge is -2.03. The molecule has 0 aliphatic rings. The van der Waals surface area contributed by atoms with Crippen molar-refractivity contribution in [3.05, 3.63) is 53.2 Å². The van der Waals surface area contributed by atoms with Crippen LogP contribution in [0.3, 0.4) is 0 Å². The first kappa shape index (κ1) is 14.2. The molecule has 0 saturated heterocycles. The molecule has 0 atom stereocenters. The normalized spacial score (nSPS) is 10.9. The summed E-state index contributed by atoms with van der Waals surface area (Å²) in [5, 5.41) is 3.90. The second-order valence-corrected chi connectivity index (χ2v) is 6.44. The van der Waals surface area contributed by atoms with E-state index in [4.69, 9.17) is 0 Å². The van der Waals surface area contributed by atoms with Gasteiger partial charge < -0.3 is 0 Å². The van der Waals surface area contributed by atoms with Crippen LogP contribution in [0, 0.1) is 0 Å². The number of aromatic nitrogens is 2. The number of Topliss-reactive ketones (excluding diaryl/α,β-unsaturated/α-hetero) is 1. The smallest absolute Gasteiger partial charge is 0.173 e. The number of nitrogens with zero attached hydrogens (tertiary/aromatic N) is 2. The summed E-state index contributed by atoms with van der Waals surface area (Å²) in [5.74, 6) is 0.526. The number of carbonyl (C=O) groups is 1. The Bertz CT molecular complexity index is 765. The Morgan fingerprint density at radius 3 is 2.76 bits per heavy atom. The van der Waals surface area contributed by atoms with E-state index in [1.807, 2.05) is 35.7 Å². The molecule has 2 heterocycles. The van der Waals surface area contributed by atoms with Gasteiger partial charge >= 0.3 is 0 Å². The monoisotopic (exact) mass is 314 g/mol. The minimum absolute atomic E-state index is 0.129. The van der Waals surface area contributed by atoms with Gasteiger partial charge in [0.1, 0.15) is 16.2 Å². The van der Waals surface area contributed by atoms with E-state index in [9.17, 15) is 4.79 Å². The van der Waals surface area contributed by atoms with Gasteiger partial charge in [0.2, 0.25) is 0 Å². The number of thiophene rings is 1. The van der Waals surface area contributed by atoms with Crippen LogP contribution in [-0.2, 0) is 6.42 Å². The molecule has 106 valence electrons. The molecule has 1 aromatic carbocycles. The van der Waals surface area contributed by atoms with Gasteiger partial charge in [-0.2, -0.15) is 0 Å². The Hall–Kier alpha value is -1.72. The maximum Gasteiger partial charge on any atom is 0.173 e. The summed E-state index contributed by atoms with van der Waals surface area (Å²) >= 11 is 3.06. The fourth-order valence-electron chi connectivity index (χ4n) is 2.03. The number of aryl methyl sites for hydroxylation is 1. The van der Waals surface area contributed by atoms with Crippen molar-refractivity contribution in [1.82, 2.24) is 9.97 Å². The van der Waals surface area contributed by atoms with E-state index < -0.39 is 0 Å². The first-order chi connectivity index (χ1) is 10.3. The summed E-state index contributed by atoms with van der Waals surface area (Å²) in [6.45, 7) is 2.11. The molecule has 0 amide bonds. The van der Waals surface area contributed by atoms with Crippen molar-refractivity contribution in [2.45, 2.75) is 18.4 Å². The molecule has 0 saturated carbocycles. The third-order valence-electron chi connectivity index (χ3n) is 3.25. The second kappa shape index (κ2) is 6.37. The van der Waals surface area contributed by atoms with Gasteiger partial charge in [0.15, 0.2) is 5.78 Å². The van der Waals surface area contributed by atoms with E-state index in [1.54, 1.807) is 17.7 Å². The molecule has 21 heavy (non-hydrogen) atoms. The highest BCUT2D eigenvalue weighted by molar-refractivity contribution is 8.00. The molecule has 2 aromatic heterocycles. The number of fused-ring (bicyclic) bond motifs is 1. The molecule has 0 unspecified atom stereocenters. The first-order valence-electron chi connectivity index (χ1n) is 6.71. The summed E-state index contributed by atoms with van der Waals surface area (Å²) in [7, 11) is 0. The number of thioether (sulfide) groups is 1. The van der Waals surface area contributed by atoms with Gasteiger partial charge in [0, 0.05) is 10.9 Å². The third-order valence-corrected chi connectivity index (χ3v) is 5.08. The van der Waals surface area contributed by atoms with Crippen LogP contribution in [0.4, 0.5) is 0 Å². The fourth-order valence-corrected chi connectivity index (χ4v) is 3.70. The van der Waals surface area contributed by atoms with Gasteiger partial charge in [0.05, 0.1) is 5.75 Å². The molecule has 0 aliphatic heterocycles. The number of carbonyl (C=O) groups excluding carboxylic acids is 1. The molecule has 0 bridgehead atoms. The van der Waals surface area contributed by atoms with Crippen LogP contribution in [0.1, 0.15) is 22.8 Å². The van der Waals surface area contributed by atoms with Crippen LogP contribution in [0.2, 0.25) is 0 Å². The SMILES string of the molecule is CCc1ccc(C(=O)CSc2ncnc3sccc23)cc1. The van der Waals surface area contributed by atoms with Crippen molar-refractivity contribution in [3.8, 4) is 0 Å². The van der Waals surface area contributed by atoms with Crippen molar-refractivity contribution >= 4 is 39.1 Å². The molecular formula is C16H14N2OS2. The Balaban J connectivity index is 1.71. The van der Waals surface area contributed by atoms with Crippen LogP contribution in [-0.4, -0.2) is 21.5 Å². The van der Waals surface area contributed by atoms with E-state index >= 15 is 0 Å². The number of hydrogen-bond acceptors (Lipinski definition) is 5. The Morgan fingerprint density at radius 2 is 2.00 bits per heavy atom. The minimum atomic E-state index is 0.129. The molecule has 3 nitrogen and oxygen atoms in total. The standard InChI is InChI=1S/C16H14N2OS2/c1-2-11-3-5-12(6-4-11)14(19)9-21-16-13-7-8-20-15(13)17-10-18-16/h3-8,10H,2,9H2,1H3. The Labute approximate surface area is 131 Å². The topological polar surface area (TPSA) is 42.9 Å². The van der Waals surface area contributed by atoms with E-state index in [0.29, 0.717) is 5.75 Å². The van der Waals surface area contributed by atoms with Crippen molar-refractivity contribution in [2.24, 2.45) is 0 Å². The van der Waals surface area contributed by atoms with Crippen LogP contribution in [0.15, 0.2) is 47.1 Å². The predicted molar refractivity (Wildman–Crippen MR) is 88.3 cm³/mol. The summed E-state index contributed by atoms with van der Waals surface area (Å²) in [6.07, 6.45) is 2.54. The van der Waals surface area contributed by atoms with Gasteiger partial charge in [-0.15, -0.1) is 11.3 Å². The molecule has 5 heteroatoms. The highest BCUT2D eigenvalue weighted by Crippen LogP contribution is 2.28. The maximum atomic E-state index is 12.2. The average molecular weight is 314 g/mol. The van der Waals surface area contributed by atoms with E-state index in [-0.39, 0.29) is 5.78 Å². The molecule has 3 aromatic rings. The average Bonchev–Trinajstić information content (AvgIpc) is 3.02. The summed E-state index contributed by atoms with van der Waals surface area (Å²) in [6, 6.07) is 9.84. The van der Waals surface area contributed by atoms with E-state index in [0.717, 1.165) is 27.2 Å². The molecule has 0 fully saturated rings. The summed E-state index contributed by atoms with van der Waals surface area (Å²) < 4.78 is 0. The molecular weight excluding hydrogens is 300 g/mol. The van der Waals surface area contributed by atoms with Gasteiger partial charge in [-0.3, -0.25) is 4.79 Å². The van der Waals surface area contributed by atoms with Crippen molar-refractivity contribution in [1.29, 1.82) is 0 Å². The highest BCUT2D eigenvalue weighted by Gasteiger charge is 2.10. The lowest BCUT2D eigenvalue weighted by Crippen LogP contribution is -2.02. The van der Waals surface area contributed by atoms with Crippen molar-refractivity contribution in [3.63, 3.8) is 0 Å². The van der Waals surface area contributed by atoms with E-state index in [1.165, 1.54) is 17.3 Å². The van der Waals surface area contributed by atoms with Crippen LogP contribution in [0.25, 0.3) is 10.2 Å². The van der Waals surface area contributed by atoms with E-state index in [2.05, 4.69) is 16.9 Å². The third kappa shape index (κ3) is 3.14. The lowest BCUT2D eigenvalue weighted by atomic mass is 10.1. The van der Waals surface area contributed by atoms with Crippen molar-refractivity contribution < 1.29 is 4.79 Å². The second-order valence-electron chi connectivity index (χ2n) is 4.58. The Morgan fingerprint density at radius 1 is 1.19 bits per heavy atom. The number of benzene rings is 1. The number of rotatable bonds is 5. The number of ketones is 1.